The van der Waals surface area contributed by atoms with Crippen LogP contribution in [0.3, 0.4) is 0 Å². The molecule has 4 nitrogen and oxygen atoms in total. The second-order valence-corrected chi connectivity index (χ2v) is 7.33. The van der Waals surface area contributed by atoms with Gasteiger partial charge in [-0.1, -0.05) is 0 Å². The second kappa shape index (κ2) is 6.42. The first-order chi connectivity index (χ1) is 10.5. The smallest absolute Gasteiger partial charge is 0.142 e. The van der Waals surface area contributed by atoms with Gasteiger partial charge in [0.1, 0.15) is 16.5 Å². The van der Waals surface area contributed by atoms with Gasteiger partial charge in [-0.3, -0.25) is 0 Å². The highest BCUT2D eigenvalue weighted by molar-refractivity contribution is 7.13. The molecule has 1 atom stereocenters. The van der Waals surface area contributed by atoms with Gasteiger partial charge in [-0.2, -0.15) is 0 Å². The minimum atomic E-state index is 0.441. The third-order valence-corrected chi connectivity index (χ3v) is 5.24. The van der Waals surface area contributed by atoms with Crippen LogP contribution in [0, 0.1) is 13.8 Å². The van der Waals surface area contributed by atoms with Gasteiger partial charge in [-0.25, -0.2) is 15.0 Å². The summed E-state index contributed by atoms with van der Waals surface area (Å²) in [5.41, 5.74) is 3.07. The topological polar surface area (TPSA) is 41.9 Å². The Hall–Kier alpha value is -1.33. The number of hydrogen-bond donors (Lipinski definition) is 0. The molecular formula is C17H24N4S. The first kappa shape index (κ1) is 15.6. The van der Waals surface area contributed by atoms with E-state index in [0.717, 1.165) is 34.5 Å². The van der Waals surface area contributed by atoms with Crippen LogP contribution in [0.2, 0.25) is 0 Å². The number of piperidine rings is 1. The summed E-state index contributed by atoms with van der Waals surface area (Å²) in [4.78, 5) is 16.7. The number of nitrogens with zero attached hydrogens (tertiary/aromatic N) is 4. The highest BCUT2D eigenvalue weighted by Crippen LogP contribution is 2.28. The van der Waals surface area contributed by atoms with Crippen molar-refractivity contribution >= 4 is 11.3 Å². The number of likely N-dealkylation sites (tertiary alicyclic amines) is 1. The molecule has 0 aromatic carbocycles. The van der Waals surface area contributed by atoms with Crippen LogP contribution < -0.4 is 0 Å². The van der Waals surface area contributed by atoms with Crippen LogP contribution in [0.5, 0.6) is 0 Å². The molecule has 0 radical (unpaired) electrons. The lowest BCUT2D eigenvalue weighted by Gasteiger charge is -2.34. The fourth-order valence-electron chi connectivity index (χ4n) is 3.04. The van der Waals surface area contributed by atoms with Gasteiger partial charge >= 0.3 is 0 Å². The zero-order valence-corrected chi connectivity index (χ0v) is 14.7. The number of hydrogen-bond acceptors (Lipinski definition) is 5. The minimum absolute atomic E-state index is 0.441. The Morgan fingerprint density at radius 2 is 2.00 bits per heavy atom. The van der Waals surface area contributed by atoms with Crippen molar-refractivity contribution in [1.29, 1.82) is 0 Å². The quantitative estimate of drug-likeness (QED) is 0.863. The standard InChI is InChI=1S/C17H24N4S/c1-11(2)21-7-5-6-14(9-21)16-18-12(3)8-15(20-16)17-19-13(4)10-22-17/h8,10-11,14H,5-7,9H2,1-4H3/t14-/m0/s1. The molecule has 2 aromatic rings. The van der Waals surface area contributed by atoms with E-state index in [1.165, 1.54) is 19.4 Å². The predicted octanol–water partition coefficient (Wildman–Crippen LogP) is 3.80. The van der Waals surface area contributed by atoms with Crippen molar-refractivity contribution < 1.29 is 0 Å². The maximum atomic E-state index is 4.84. The zero-order chi connectivity index (χ0) is 15.7. The monoisotopic (exact) mass is 316 g/mol. The van der Waals surface area contributed by atoms with E-state index in [1.807, 2.05) is 13.0 Å². The minimum Gasteiger partial charge on any atom is -0.300 e. The van der Waals surface area contributed by atoms with Crippen LogP contribution in [-0.4, -0.2) is 39.0 Å². The average molecular weight is 316 g/mol. The highest BCUT2D eigenvalue weighted by atomic mass is 32.1. The Bertz CT molecular complexity index is 650. The van der Waals surface area contributed by atoms with Crippen molar-refractivity contribution in [1.82, 2.24) is 19.9 Å². The van der Waals surface area contributed by atoms with E-state index >= 15 is 0 Å². The molecule has 5 heteroatoms. The van der Waals surface area contributed by atoms with Crippen LogP contribution in [0.1, 0.15) is 49.8 Å². The lowest BCUT2D eigenvalue weighted by Crippen LogP contribution is -2.39. The van der Waals surface area contributed by atoms with Gasteiger partial charge in [0.25, 0.3) is 0 Å². The summed E-state index contributed by atoms with van der Waals surface area (Å²) in [6, 6.07) is 2.64. The van der Waals surface area contributed by atoms with Crippen molar-refractivity contribution in [2.24, 2.45) is 0 Å². The first-order valence-electron chi connectivity index (χ1n) is 8.05. The van der Waals surface area contributed by atoms with Gasteiger partial charge in [0.2, 0.25) is 0 Å². The molecule has 1 aliphatic heterocycles. The maximum absolute atomic E-state index is 4.84. The number of rotatable bonds is 3. The summed E-state index contributed by atoms with van der Waals surface area (Å²) in [5.74, 6) is 1.43. The van der Waals surface area contributed by atoms with Crippen LogP contribution in [0.25, 0.3) is 10.7 Å². The average Bonchev–Trinajstić information content (AvgIpc) is 2.93. The molecule has 1 fully saturated rings. The van der Waals surface area contributed by atoms with E-state index in [2.05, 4.69) is 36.0 Å². The fourth-order valence-corrected chi connectivity index (χ4v) is 3.80. The number of aryl methyl sites for hydroxylation is 2. The molecule has 0 spiro atoms. The van der Waals surface area contributed by atoms with Crippen LogP contribution in [0.4, 0.5) is 0 Å². The van der Waals surface area contributed by atoms with Crippen molar-refractivity contribution in [2.75, 3.05) is 13.1 Å². The van der Waals surface area contributed by atoms with E-state index in [-0.39, 0.29) is 0 Å². The molecule has 0 bridgehead atoms. The molecule has 0 saturated carbocycles. The molecule has 3 heterocycles. The summed E-state index contributed by atoms with van der Waals surface area (Å²) in [5, 5.41) is 3.08. The molecule has 3 rings (SSSR count). The Kier molecular flexibility index (Phi) is 4.54. The van der Waals surface area contributed by atoms with E-state index in [1.54, 1.807) is 11.3 Å². The highest BCUT2D eigenvalue weighted by Gasteiger charge is 2.25. The van der Waals surface area contributed by atoms with Gasteiger partial charge in [0.15, 0.2) is 0 Å². The summed E-state index contributed by atoms with van der Waals surface area (Å²) in [6.07, 6.45) is 2.41. The zero-order valence-electron chi connectivity index (χ0n) is 13.8. The summed E-state index contributed by atoms with van der Waals surface area (Å²) in [6.45, 7) is 10.9. The number of aromatic nitrogens is 3. The molecule has 0 amide bonds. The SMILES string of the molecule is Cc1cc(-c2nc(C)cs2)nc([C@H]2CCCN(C(C)C)C2)n1. The van der Waals surface area contributed by atoms with Crippen molar-refractivity contribution in [3.8, 4) is 10.7 Å². The fraction of sp³-hybridized carbons (Fsp3) is 0.588. The first-order valence-corrected chi connectivity index (χ1v) is 8.93. The van der Waals surface area contributed by atoms with Crippen molar-refractivity contribution in [3.05, 3.63) is 28.7 Å². The third kappa shape index (κ3) is 3.36. The molecule has 0 unspecified atom stereocenters. The normalized spacial score (nSPS) is 19.8. The molecule has 22 heavy (non-hydrogen) atoms. The van der Waals surface area contributed by atoms with Gasteiger partial charge in [-0.15, -0.1) is 11.3 Å². The summed E-state index contributed by atoms with van der Waals surface area (Å²) < 4.78 is 0. The Morgan fingerprint density at radius 3 is 2.68 bits per heavy atom. The summed E-state index contributed by atoms with van der Waals surface area (Å²) in [7, 11) is 0. The Balaban J connectivity index is 1.89. The lowest BCUT2D eigenvalue weighted by atomic mass is 9.96. The largest absolute Gasteiger partial charge is 0.300 e. The molecular weight excluding hydrogens is 292 g/mol. The van der Waals surface area contributed by atoms with Crippen molar-refractivity contribution in [3.63, 3.8) is 0 Å². The van der Waals surface area contributed by atoms with Gasteiger partial charge in [0, 0.05) is 35.3 Å². The molecule has 118 valence electrons. The number of thiazole rings is 1. The van der Waals surface area contributed by atoms with Gasteiger partial charge < -0.3 is 4.90 Å². The van der Waals surface area contributed by atoms with E-state index in [0.29, 0.717) is 12.0 Å². The van der Waals surface area contributed by atoms with E-state index in [4.69, 9.17) is 9.97 Å². The lowest BCUT2D eigenvalue weighted by molar-refractivity contribution is 0.165. The molecule has 1 aliphatic rings. The summed E-state index contributed by atoms with van der Waals surface area (Å²) >= 11 is 1.66. The van der Waals surface area contributed by atoms with Gasteiger partial charge in [0.05, 0.1) is 0 Å². The van der Waals surface area contributed by atoms with Gasteiger partial charge in [-0.05, 0) is 53.1 Å². The van der Waals surface area contributed by atoms with Crippen LogP contribution >= 0.6 is 11.3 Å². The maximum Gasteiger partial charge on any atom is 0.142 e. The Labute approximate surface area is 136 Å². The molecule has 2 aromatic heterocycles. The molecule has 0 N–H and O–H groups in total. The Morgan fingerprint density at radius 1 is 1.18 bits per heavy atom. The van der Waals surface area contributed by atoms with E-state index < -0.39 is 0 Å². The van der Waals surface area contributed by atoms with Crippen LogP contribution in [0.15, 0.2) is 11.4 Å². The van der Waals surface area contributed by atoms with Crippen LogP contribution in [-0.2, 0) is 0 Å². The predicted molar refractivity (Wildman–Crippen MR) is 91.3 cm³/mol. The second-order valence-electron chi connectivity index (χ2n) is 6.47. The molecule has 1 saturated heterocycles. The third-order valence-electron chi connectivity index (χ3n) is 4.26. The molecule has 0 aliphatic carbocycles. The van der Waals surface area contributed by atoms with Crippen molar-refractivity contribution in [2.45, 2.75) is 52.5 Å². The van der Waals surface area contributed by atoms with E-state index in [9.17, 15) is 0 Å².